The normalized spacial score (nSPS) is 15.4. The molecular weight excluding hydrogens is 436 g/mol. The lowest BCUT2D eigenvalue weighted by molar-refractivity contribution is -0.142. The lowest BCUT2D eigenvalue weighted by Crippen LogP contribution is -2.57. The summed E-state index contributed by atoms with van der Waals surface area (Å²) in [6.45, 7) is 4.96. The van der Waals surface area contributed by atoms with Crippen LogP contribution in [0, 0.1) is 5.92 Å². The molecule has 1 aromatic rings. The van der Waals surface area contributed by atoms with E-state index in [-0.39, 0.29) is 18.8 Å². The summed E-state index contributed by atoms with van der Waals surface area (Å²) in [4.78, 5) is 66.5. The average Bonchev–Trinajstić information content (AvgIpc) is 3.27. The van der Waals surface area contributed by atoms with Crippen molar-refractivity contribution in [3.63, 3.8) is 0 Å². The molecule has 0 radical (unpaired) electrons. The van der Waals surface area contributed by atoms with E-state index in [0.29, 0.717) is 12.1 Å². The van der Waals surface area contributed by atoms with Gasteiger partial charge < -0.3 is 36.9 Å². The van der Waals surface area contributed by atoms with Crippen LogP contribution in [0.3, 0.4) is 0 Å². The van der Waals surface area contributed by atoms with E-state index < -0.39 is 60.2 Å². The molecule has 0 saturated carbocycles. The van der Waals surface area contributed by atoms with Gasteiger partial charge in [0.1, 0.15) is 18.1 Å². The minimum atomic E-state index is -1.28. The maximum absolute atomic E-state index is 12.7. The second kappa shape index (κ2) is 13.2. The van der Waals surface area contributed by atoms with Gasteiger partial charge in [-0.1, -0.05) is 20.3 Å². The molecule has 8 N–H and O–H groups in total. The van der Waals surface area contributed by atoms with E-state index >= 15 is 0 Å². The number of carbonyl (C=O) groups is 5. The van der Waals surface area contributed by atoms with E-state index in [0.717, 1.165) is 0 Å². The van der Waals surface area contributed by atoms with Gasteiger partial charge in [-0.2, -0.15) is 0 Å². The van der Waals surface area contributed by atoms with Gasteiger partial charge in [-0.3, -0.25) is 19.2 Å². The molecule has 0 saturated heterocycles. The summed E-state index contributed by atoms with van der Waals surface area (Å²) in [6.07, 6.45) is 2.76. The number of rotatable bonds is 14. The van der Waals surface area contributed by atoms with E-state index in [9.17, 15) is 29.1 Å². The first-order valence-corrected chi connectivity index (χ1v) is 10.5. The van der Waals surface area contributed by atoms with Crippen molar-refractivity contribution in [3.8, 4) is 0 Å². The Bertz CT molecular complexity index is 829. The van der Waals surface area contributed by atoms with Gasteiger partial charge in [0, 0.05) is 24.7 Å². The van der Waals surface area contributed by atoms with Crippen molar-refractivity contribution >= 4 is 29.7 Å². The molecule has 1 rings (SSSR count). The Hall–Kier alpha value is -3.48. The lowest BCUT2D eigenvalue weighted by atomic mass is 9.98. The Kier molecular flexibility index (Phi) is 11.0. The number of aliphatic carboxylic acids is 2. The standard InChI is InChI=1S/C20H32N6O7/c1-4-10(2)16(21)19(31)25-13(5-6-15(27)28)18(30)24-11(3)17(29)26-14(20(32)33)7-12-8-22-9-23-12/h8-11,13-14,16H,4-7,21H2,1-3H3,(H,22,23)(H,24,30)(H,25,31)(H,26,29)(H,27,28)(H,32,33). The fourth-order valence-corrected chi connectivity index (χ4v) is 2.81. The van der Waals surface area contributed by atoms with Crippen LogP contribution in [0.4, 0.5) is 0 Å². The zero-order valence-electron chi connectivity index (χ0n) is 18.8. The van der Waals surface area contributed by atoms with E-state index in [1.54, 1.807) is 6.92 Å². The number of carboxylic acid groups (broad SMARTS) is 2. The molecule has 0 aliphatic heterocycles. The van der Waals surface area contributed by atoms with Crippen LogP contribution in [-0.2, 0) is 30.4 Å². The third-order valence-corrected chi connectivity index (χ3v) is 5.19. The number of hydrogen-bond acceptors (Lipinski definition) is 7. The van der Waals surface area contributed by atoms with Gasteiger partial charge >= 0.3 is 11.9 Å². The van der Waals surface area contributed by atoms with Crippen LogP contribution in [0.15, 0.2) is 12.5 Å². The zero-order chi connectivity index (χ0) is 25.1. The van der Waals surface area contributed by atoms with Crippen LogP contribution in [0.5, 0.6) is 0 Å². The van der Waals surface area contributed by atoms with Gasteiger partial charge in [-0.15, -0.1) is 0 Å². The molecule has 0 aromatic carbocycles. The SMILES string of the molecule is CCC(C)C(N)C(=O)NC(CCC(=O)O)C(=O)NC(C)C(=O)NC(Cc1cnc[nH]1)C(=O)O. The molecular formula is C20H32N6O7. The van der Waals surface area contributed by atoms with Gasteiger partial charge in [-0.25, -0.2) is 9.78 Å². The van der Waals surface area contributed by atoms with Crippen LogP contribution in [0.2, 0.25) is 0 Å². The maximum Gasteiger partial charge on any atom is 0.326 e. The molecule has 0 aliphatic carbocycles. The number of imidazole rings is 1. The average molecular weight is 469 g/mol. The van der Waals surface area contributed by atoms with Crippen LogP contribution in [0.1, 0.15) is 45.7 Å². The molecule has 1 heterocycles. The molecule has 13 heteroatoms. The second-order valence-electron chi connectivity index (χ2n) is 7.82. The van der Waals surface area contributed by atoms with Gasteiger partial charge in [0.15, 0.2) is 0 Å². The summed E-state index contributed by atoms with van der Waals surface area (Å²) >= 11 is 0. The van der Waals surface area contributed by atoms with Crippen molar-refractivity contribution in [1.82, 2.24) is 25.9 Å². The topological polar surface area (TPSA) is 217 Å². The molecule has 184 valence electrons. The number of carbonyl (C=O) groups excluding carboxylic acids is 3. The number of hydrogen-bond donors (Lipinski definition) is 7. The Morgan fingerprint density at radius 2 is 1.67 bits per heavy atom. The third kappa shape index (κ3) is 9.27. The summed E-state index contributed by atoms with van der Waals surface area (Å²) in [5, 5.41) is 25.5. The number of aromatic nitrogens is 2. The lowest BCUT2D eigenvalue weighted by Gasteiger charge is -2.24. The van der Waals surface area contributed by atoms with Crippen molar-refractivity contribution in [2.75, 3.05) is 0 Å². The molecule has 0 spiro atoms. The maximum atomic E-state index is 12.7. The number of nitrogens with two attached hydrogens (primary N) is 1. The first-order valence-electron chi connectivity index (χ1n) is 10.5. The first kappa shape index (κ1) is 27.6. The predicted octanol–water partition coefficient (Wildman–Crippen LogP) is -1.25. The summed E-state index contributed by atoms with van der Waals surface area (Å²) in [5.74, 6) is -4.78. The molecule has 13 nitrogen and oxygen atoms in total. The van der Waals surface area contributed by atoms with E-state index in [4.69, 9.17) is 10.8 Å². The van der Waals surface area contributed by atoms with Crippen molar-refractivity contribution < 1.29 is 34.2 Å². The smallest absolute Gasteiger partial charge is 0.326 e. The summed E-state index contributed by atoms with van der Waals surface area (Å²) in [6, 6.07) is -4.56. The fraction of sp³-hybridized carbons (Fsp3) is 0.600. The molecule has 5 atom stereocenters. The fourth-order valence-electron chi connectivity index (χ4n) is 2.81. The quantitative estimate of drug-likeness (QED) is 0.173. The molecule has 0 bridgehead atoms. The molecule has 3 amide bonds. The number of amides is 3. The Labute approximate surface area is 190 Å². The van der Waals surface area contributed by atoms with Gasteiger partial charge in [-0.05, 0) is 19.3 Å². The minimum absolute atomic E-state index is 0.0491. The number of H-pyrrole nitrogens is 1. The van der Waals surface area contributed by atoms with Crippen LogP contribution in [-0.4, -0.2) is 74.0 Å². The summed E-state index contributed by atoms with van der Waals surface area (Å²) in [5.41, 5.74) is 6.37. The second-order valence-corrected chi connectivity index (χ2v) is 7.82. The number of nitrogens with zero attached hydrogens (tertiary/aromatic N) is 1. The molecule has 1 aromatic heterocycles. The van der Waals surface area contributed by atoms with Crippen molar-refractivity contribution in [3.05, 3.63) is 18.2 Å². The van der Waals surface area contributed by atoms with E-state index in [1.807, 2.05) is 6.92 Å². The molecule has 5 unspecified atom stereocenters. The molecule has 33 heavy (non-hydrogen) atoms. The van der Waals surface area contributed by atoms with Gasteiger partial charge in [0.25, 0.3) is 0 Å². The highest BCUT2D eigenvalue weighted by Crippen LogP contribution is 2.07. The van der Waals surface area contributed by atoms with Crippen molar-refractivity contribution in [2.24, 2.45) is 11.7 Å². The van der Waals surface area contributed by atoms with Crippen LogP contribution in [0.25, 0.3) is 0 Å². The number of aromatic amines is 1. The van der Waals surface area contributed by atoms with Crippen LogP contribution >= 0.6 is 0 Å². The third-order valence-electron chi connectivity index (χ3n) is 5.19. The van der Waals surface area contributed by atoms with Gasteiger partial charge in [0.05, 0.1) is 12.4 Å². The number of carboxylic acids is 2. The monoisotopic (exact) mass is 468 g/mol. The number of nitrogens with one attached hydrogen (secondary N) is 4. The van der Waals surface area contributed by atoms with E-state index in [1.165, 1.54) is 19.4 Å². The highest BCUT2D eigenvalue weighted by molar-refractivity contribution is 5.94. The van der Waals surface area contributed by atoms with Crippen molar-refractivity contribution in [2.45, 2.75) is 70.6 Å². The molecule has 0 aliphatic rings. The van der Waals surface area contributed by atoms with Crippen molar-refractivity contribution in [1.29, 1.82) is 0 Å². The highest BCUT2D eigenvalue weighted by atomic mass is 16.4. The highest BCUT2D eigenvalue weighted by Gasteiger charge is 2.29. The van der Waals surface area contributed by atoms with Crippen LogP contribution < -0.4 is 21.7 Å². The Morgan fingerprint density at radius 3 is 2.18 bits per heavy atom. The Balaban J connectivity index is 2.80. The first-order chi connectivity index (χ1) is 15.5. The summed E-state index contributed by atoms with van der Waals surface area (Å²) < 4.78 is 0. The predicted molar refractivity (Wildman–Crippen MR) is 116 cm³/mol. The summed E-state index contributed by atoms with van der Waals surface area (Å²) in [7, 11) is 0. The van der Waals surface area contributed by atoms with Gasteiger partial charge in [0.2, 0.25) is 17.7 Å². The molecule has 0 fully saturated rings. The zero-order valence-corrected chi connectivity index (χ0v) is 18.8. The Morgan fingerprint density at radius 1 is 1.03 bits per heavy atom. The largest absolute Gasteiger partial charge is 0.481 e. The van der Waals surface area contributed by atoms with E-state index in [2.05, 4.69) is 25.9 Å². The minimum Gasteiger partial charge on any atom is -0.481 e.